The van der Waals surface area contributed by atoms with Gasteiger partial charge >= 0.3 is 13.7 Å². The first-order chi connectivity index (χ1) is 17.5. The summed E-state index contributed by atoms with van der Waals surface area (Å²) in [5.41, 5.74) is 17.4. The number of allylic oxidation sites excluding steroid dienone is 3. The molecule has 0 spiro atoms. The summed E-state index contributed by atoms with van der Waals surface area (Å²) in [5.74, 6) is 0.741. The van der Waals surface area contributed by atoms with Crippen LogP contribution in [0.15, 0.2) is 53.7 Å². The SMILES string of the molecule is C/C(=C\C1=C(N)C(N)Nc2cc(C)ccc21)CCc1ccc(OCCCCCC(F)(F)[P+](=O)O)cc1C. The summed E-state index contributed by atoms with van der Waals surface area (Å²) < 4.78 is 42.7. The lowest BCUT2D eigenvalue weighted by atomic mass is 9.92. The molecule has 2 unspecified atom stereocenters. The summed E-state index contributed by atoms with van der Waals surface area (Å²) in [7, 11) is -3.47. The van der Waals surface area contributed by atoms with Crippen LogP contribution in [0.5, 0.6) is 5.75 Å². The number of aryl methyl sites for hydroxylation is 3. The van der Waals surface area contributed by atoms with Crippen LogP contribution in [0.1, 0.15) is 61.3 Å². The van der Waals surface area contributed by atoms with E-state index in [1.165, 1.54) is 11.1 Å². The van der Waals surface area contributed by atoms with Crippen molar-refractivity contribution in [2.24, 2.45) is 11.5 Å². The Labute approximate surface area is 218 Å². The van der Waals surface area contributed by atoms with Crippen LogP contribution in [-0.4, -0.2) is 23.3 Å². The van der Waals surface area contributed by atoms with Crippen LogP contribution in [0.3, 0.4) is 0 Å². The van der Waals surface area contributed by atoms with Crippen molar-refractivity contribution in [3.8, 4) is 5.75 Å². The summed E-state index contributed by atoms with van der Waals surface area (Å²) in [5, 5.41) is 3.26. The number of halogens is 2. The molecule has 2 atom stereocenters. The van der Waals surface area contributed by atoms with Gasteiger partial charge in [0.1, 0.15) is 11.9 Å². The number of nitrogens with one attached hydrogen (secondary N) is 1. The second-order valence-electron chi connectivity index (χ2n) is 9.72. The van der Waals surface area contributed by atoms with E-state index in [4.69, 9.17) is 21.1 Å². The van der Waals surface area contributed by atoms with Crippen LogP contribution >= 0.6 is 8.03 Å². The summed E-state index contributed by atoms with van der Waals surface area (Å²) in [4.78, 5) is 8.60. The van der Waals surface area contributed by atoms with Crippen molar-refractivity contribution in [3.05, 3.63) is 76.0 Å². The van der Waals surface area contributed by atoms with Gasteiger partial charge < -0.3 is 21.5 Å². The van der Waals surface area contributed by atoms with Gasteiger partial charge in [0.25, 0.3) is 0 Å². The standard InChI is InChI=1S/C28H36F2N3O3P/c1-18(15-24-23-12-8-19(2)16-25(23)33-27(32)26(24)31)7-9-21-10-11-22(17-20(21)3)36-14-6-4-5-13-28(29,30)37(34)35/h8,10-12,15-17,27,33H,4-7,9,13-14,31-32H2,1-3H3/p+1/b18-15+. The molecular formula is C28H37F2N3O3P+. The molecule has 0 radical (unpaired) electrons. The van der Waals surface area contributed by atoms with Crippen LogP contribution < -0.4 is 21.5 Å². The van der Waals surface area contributed by atoms with Crippen molar-refractivity contribution >= 4 is 19.3 Å². The Hall–Kier alpha value is -2.80. The molecule has 1 heterocycles. The normalized spacial score (nSPS) is 16.4. The molecule has 0 amide bonds. The predicted octanol–water partition coefficient (Wildman–Crippen LogP) is 6.53. The third-order valence-electron chi connectivity index (χ3n) is 6.59. The molecule has 2 aromatic rings. The Morgan fingerprint density at radius 1 is 1.19 bits per heavy atom. The fourth-order valence-corrected chi connectivity index (χ4v) is 4.68. The van der Waals surface area contributed by atoms with Gasteiger partial charge in [0.15, 0.2) is 0 Å². The molecule has 6 N–H and O–H groups in total. The van der Waals surface area contributed by atoms with Gasteiger partial charge in [-0.3, -0.25) is 0 Å². The lowest BCUT2D eigenvalue weighted by Crippen LogP contribution is -2.38. The average molecular weight is 533 g/mol. The first kappa shape index (κ1) is 28.8. The second-order valence-corrected chi connectivity index (χ2v) is 10.9. The number of fused-ring (bicyclic) bond motifs is 1. The maximum absolute atomic E-state index is 13.2. The molecule has 3 rings (SSSR count). The minimum absolute atomic E-state index is 0.180. The highest BCUT2D eigenvalue weighted by Gasteiger charge is 2.50. The van der Waals surface area contributed by atoms with Gasteiger partial charge in [-0.15, -0.1) is 0 Å². The van der Waals surface area contributed by atoms with E-state index in [0.717, 1.165) is 46.5 Å². The van der Waals surface area contributed by atoms with Crippen LogP contribution in [0, 0.1) is 13.8 Å². The maximum Gasteiger partial charge on any atom is 0.583 e. The van der Waals surface area contributed by atoms with E-state index in [0.29, 0.717) is 25.1 Å². The summed E-state index contributed by atoms with van der Waals surface area (Å²) in [6, 6.07) is 12.2. The number of unbranched alkanes of at least 4 members (excludes halogenated alkanes) is 2. The Morgan fingerprint density at radius 2 is 1.95 bits per heavy atom. The number of hydrogen-bond acceptors (Lipinski definition) is 5. The maximum atomic E-state index is 13.2. The molecule has 6 nitrogen and oxygen atoms in total. The molecule has 200 valence electrons. The Balaban J connectivity index is 1.52. The van der Waals surface area contributed by atoms with Crippen molar-refractivity contribution in [2.45, 2.75) is 71.1 Å². The lowest BCUT2D eigenvalue weighted by molar-refractivity contribution is 0.0702. The highest BCUT2D eigenvalue weighted by Crippen LogP contribution is 2.42. The first-order valence-corrected chi connectivity index (χ1v) is 13.8. The monoisotopic (exact) mass is 532 g/mol. The third kappa shape index (κ3) is 7.84. The molecule has 0 aromatic heterocycles. The van der Waals surface area contributed by atoms with Gasteiger partial charge in [0.05, 0.1) is 18.7 Å². The van der Waals surface area contributed by atoms with Crippen molar-refractivity contribution < 1.29 is 23.0 Å². The topological polar surface area (TPSA) is 111 Å². The largest absolute Gasteiger partial charge is 0.583 e. The first-order valence-electron chi connectivity index (χ1n) is 12.5. The minimum Gasteiger partial charge on any atom is -0.494 e. The summed E-state index contributed by atoms with van der Waals surface area (Å²) >= 11 is 0. The average Bonchev–Trinajstić information content (AvgIpc) is 2.83. The van der Waals surface area contributed by atoms with E-state index >= 15 is 0 Å². The molecular weight excluding hydrogens is 495 g/mol. The Bertz CT molecular complexity index is 1200. The minimum atomic E-state index is -3.51. The number of nitrogens with two attached hydrogens (primary N) is 2. The van der Waals surface area contributed by atoms with Gasteiger partial charge in [-0.1, -0.05) is 29.8 Å². The number of ether oxygens (including phenoxy) is 1. The summed E-state index contributed by atoms with van der Waals surface area (Å²) in [6.45, 7) is 6.60. The molecule has 1 aliphatic heterocycles. The smallest absolute Gasteiger partial charge is 0.494 e. The van der Waals surface area contributed by atoms with Crippen molar-refractivity contribution in [1.82, 2.24) is 0 Å². The zero-order valence-electron chi connectivity index (χ0n) is 21.7. The van der Waals surface area contributed by atoms with Gasteiger partial charge in [0, 0.05) is 16.8 Å². The number of anilines is 1. The number of alkyl halides is 2. The summed E-state index contributed by atoms with van der Waals surface area (Å²) in [6.07, 6.45) is 4.15. The third-order valence-corrected chi connectivity index (χ3v) is 7.37. The zero-order chi connectivity index (χ0) is 27.2. The van der Waals surface area contributed by atoms with Crippen molar-refractivity contribution in [3.63, 3.8) is 0 Å². The van der Waals surface area contributed by atoms with E-state index in [1.54, 1.807) is 0 Å². The molecule has 2 aromatic carbocycles. The van der Waals surface area contributed by atoms with Crippen LogP contribution in [0.25, 0.3) is 5.57 Å². The molecule has 9 heteroatoms. The fourth-order valence-electron chi connectivity index (χ4n) is 4.33. The predicted molar refractivity (Wildman–Crippen MR) is 146 cm³/mol. The molecule has 0 saturated heterocycles. The molecule has 0 aliphatic carbocycles. The van der Waals surface area contributed by atoms with Crippen LogP contribution in [0.2, 0.25) is 0 Å². The number of rotatable bonds is 12. The van der Waals surface area contributed by atoms with E-state index in [9.17, 15) is 13.3 Å². The van der Waals surface area contributed by atoms with Gasteiger partial charge in [-0.2, -0.15) is 13.7 Å². The van der Waals surface area contributed by atoms with E-state index in [1.807, 2.05) is 26.0 Å². The Kier molecular flexibility index (Phi) is 9.82. The lowest BCUT2D eigenvalue weighted by Gasteiger charge is -2.27. The molecule has 0 fully saturated rings. The van der Waals surface area contributed by atoms with E-state index in [2.05, 4.69) is 42.6 Å². The van der Waals surface area contributed by atoms with Gasteiger partial charge in [0.2, 0.25) is 0 Å². The second kappa shape index (κ2) is 12.6. The molecule has 37 heavy (non-hydrogen) atoms. The quantitative estimate of drug-likeness (QED) is 0.183. The van der Waals surface area contributed by atoms with Crippen LogP contribution in [-0.2, 0) is 11.0 Å². The zero-order valence-corrected chi connectivity index (χ0v) is 22.6. The molecule has 0 saturated carbocycles. The van der Waals surface area contributed by atoms with Gasteiger partial charge in [-0.25, -0.2) is 0 Å². The number of hydrogen-bond donors (Lipinski definition) is 4. The van der Waals surface area contributed by atoms with Crippen molar-refractivity contribution in [2.75, 3.05) is 11.9 Å². The number of benzene rings is 2. The Morgan fingerprint density at radius 3 is 2.65 bits per heavy atom. The molecule has 1 aliphatic rings. The highest BCUT2D eigenvalue weighted by molar-refractivity contribution is 7.39. The highest BCUT2D eigenvalue weighted by atomic mass is 31.1. The fraction of sp³-hybridized carbons (Fsp3) is 0.429. The van der Waals surface area contributed by atoms with E-state index in [-0.39, 0.29) is 6.42 Å². The van der Waals surface area contributed by atoms with E-state index < -0.39 is 26.3 Å². The molecule has 0 bridgehead atoms. The van der Waals surface area contributed by atoms with Crippen LogP contribution in [0.4, 0.5) is 14.5 Å². The van der Waals surface area contributed by atoms with Crippen molar-refractivity contribution in [1.29, 1.82) is 0 Å². The van der Waals surface area contributed by atoms with Gasteiger partial charge in [-0.05, 0) is 92.3 Å².